The number of rotatable bonds is 6. The molecule has 0 aliphatic rings. The van der Waals surface area contributed by atoms with Crippen LogP contribution in [0.5, 0.6) is 11.5 Å². The molecule has 1 aromatic carbocycles. The topological polar surface area (TPSA) is 51.6 Å². The summed E-state index contributed by atoms with van der Waals surface area (Å²) in [5.41, 5.74) is 1.91. The molecule has 5 heteroatoms. The smallest absolute Gasteiger partial charge is 0.141 e. The van der Waals surface area contributed by atoms with Crippen LogP contribution in [0.15, 0.2) is 30.5 Å². The van der Waals surface area contributed by atoms with Crippen LogP contribution in [0, 0.1) is 5.82 Å². The first-order valence-electron chi connectivity index (χ1n) is 6.84. The Labute approximate surface area is 123 Å². The zero-order valence-corrected chi connectivity index (χ0v) is 12.1. The van der Waals surface area contributed by atoms with Crippen molar-refractivity contribution in [2.75, 3.05) is 13.2 Å². The Morgan fingerprint density at radius 1 is 1.10 bits per heavy atom. The molecule has 0 spiro atoms. The van der Waals surface area contributed by atoms with Gasteiger partial charge in [-0.15, -0.1) is 0 Å². The molecule has 0 bridgehead atoms. The molecule has 0 atom stereocenters. The van der Waals surface area contributed by atoms with E-state index in [1.807, 2.05) is 13.8 Å². The fourth-order valence-corrected chi connectivity index (χ4v) is 2.05. The summed E-state index contributed by atoms with van der Waals surface area (Å²) in [4.78, 5) is 4.09. The summed E-state index contributed by atoms with van der Waals surface area (Å²) in [5.74, 6) is 0.722. The first-order chi connectivity index (χ1) is 10.2. The quantitative estimate of drug-likeness (QED) is 0.888. The number of aromatic nitrogens is 1. The van der Waals surface area contributed by atoms with Gasteiger partial charge in [-0.3, -0.25) is 4.98 Å². The molecule has 0 aliphatic heterocycles. The predicted molar refractivity (Wildman–Crippen MR) is 77.9 cm³/mol. The van der Waals surface area contributed by atoms with Crippen LogP contribution in [0.3, 0.4) is 0 Å². The number of hydrogen-bond acceptors (Lipinski definition) is 4. The third-order valence-corrected chi connectivity index (χ3v) is 2.89. The standard InChI is InChI=1S/C16H18FNO3/c1-3-20-14-7-11(10-19)8-15(21-4-2)16(14)13-6-5-12(17)9-18-13/h5-9,19H,3-4,10H2,1-2H3. The number of hydrogen-bond donors (Lipinski definition) is 1. The molecule has 0 amide bonds. The second-order valence-corrected chi connectivity index (χ2v) is 4.35. The van der Waals surface area contributed by atoms with Crippen molar-refractivity contribution in [2.24, 2.45) is 0 Å². The number of aliphatic hydroxyl groups excluding tert-OH is 1. The lowest BCUT2D eigenvalue weighted by Gasteiger charge is -2.16. The van der Waals surface area contributed by atoms with Crippen molar-refractivity contribution in [3.63, 3.8) is 0 Å². The highest BCUT2D eigenvalue weighted by Crippen LogP contribution is 2.39. The average molecular weight is 291 g/mol. The SMILES string of the molecule is CCOc1cc(CO)cc(OCC)c1-c1ccc(F)cn1. The molecule has 21 heavy (non-hydrogen) atoms. The molecule has 2 rings (SSSR count). The zero-order valence-electron chi connectivity index (χ0n) is 12.1. The third kappa shape index (κ3) is 3.49. The van der Waals surface area contributed by atoms with Gasteiger partial charge in [0.25, 0.3) is 0 Å². The molecule has 1 heterocycles. The summed E-state index contributed by atoms with van der Waals surface area (Å²) < 4.78 is 24.3. The Morgan fingerprint density at radius 3 is 2.14 bits per heavy atom. The van der Waals surface area contributed by atoms with Crippen LogP contribution in [0.4, 0.5) is 4.39 Å². The first kappa shape index (κ1) is 15.3. The summed E-state index contributed by atoms with van der Waals surface area (Å²) in [6.07, 6.45) is 1.15. The van der Waals surface area contributed by atoms with Crippen LogP contribution < -0.4 is 9.47 Å². The van der Waals surface area contributed by atoms with Crippen molar-refractivity contribution in [3.05, 3.63) is 41.8 Å². The van der Waals surface area contributed by atoms with E-state index in [-0.39, 0.29) is 6.61 Å². The monoisotopic (exact) mass is 291 g/mol. The van der Waals surface area contributed by atoms with Gasteiger partial charge in [-0.2, -0.15) is 0 Å². The van der Waals surface area contributed by atoms with Gasteiger partial charge in [0.05, 0.1) is 37.3 Å². The van der Waals surface area contributed by atoms with Gasteiger partial charge in [0.2, 0.25) is 0 Å². The lowest BCUT2D eigenvalue weighted by Crippen LogP contribution is -2.02. The summed E-state index contributed by atoms with van der Waals surface area (Å²) >= 11 is 0. The van der Waals surface area contributed by atoms with Crippen LogP contribution in [0.25, 0.3) is 11.3 Å². The molecule has 4 nitrogen and oxygen atoms in total. The van der Waals surface area contributed by atoms with Gasteiger partial charge < -0.3 is 14.6 Å². The van der Waals surface area contributed by atoms with E-state index >= 15 is 0 Å². The first-order valence-corrected chi connectivity index (χ1v) is 6.84. The maximum absolute atomic E-state index is 13.1. The van der Waals surface area contributed by atoms with Crippen LogP contribution in [-0.2, 0) is 6.61 Å². The van der Waals surface area contributed by atoms with Crippen molar-refractivity contribution in [3.8, 4) is 22.8 Å². The summed E-state index contributed by atoms with van der Waals surface area (Å²) in [6, 6.07) is 6.40. The second-order valence-electron chi connectivity index (χ2n) is 4.35. The van der Waals surface area contributed by atoms with E-state index < -0.39 is 5.82 Å². The molecule has 2 aromatic rings. The number of halogens is 1. The van der Waals surface area contributed by atoms with Crippen LogP contribution in [-0.4, -0.2) is 23.3 Å². The van der Waals surface area contributed by atoms with Crippen LogP contribution >= 0.6 is 0 Å². The van der Waals surface area contributed by atoms with Crippen LogP contribution in [0.1, 0.15) is 19.4 Å². The van der Waals surface area contributed by atoms with E-state index in [9.17, 15) is 9.50 Å². The van der Waals surface area contributed by atoms with E-state index in [1.165, 1.54) is 6.07 Å². The van der Waals surface area contributed by atoms with Crippen molar-refractivity contribution < 1.29 is 19.0 Å². The molecule has 112 valence electrons. The number of nitrogens with zero attached hydrogens (tertiary/aromatic N) is 1. The van der Waals surface area contributed by atoms with Gasteiger partial charge in [0, 0.05) is 0 Å². The Hall–Kier alpha value is -2.14. The lowest BCUT2D eigenvalue weighted by molar-refractivity contribution is 0.277. The Balaban J connectivity index is 2.61. The summed E-state index contributed by atoms with van der Waals surface area (Å²) in [6.45, 7) is 4.56. The van der Waals surface area contributed by atoms with Crippen molar-refractivity contribution in [1.82, 2.24) is 4.98 Å². The van der Waals surface area contributed by atoms with E-state index in [0.29, 0.717) is 41.5 Å². The van der Waals surface area contributed by atoms with Gasteiger partial charge in [0.1, 0.15) is 17.3 Å². The largest absolute Gasteiger partial charge is 0.493 e. The maximum atomic E-state index is 13.1. The highest BCUT2D eigenvalue weighted by molar-refractivity contribution is 5.75. The number of benzene rings is 1. The van der Waals surface area contributed by atoms with E-state index in [0.717, 1.165) is 6.20 Å². The van der Waals surface area contributed by atoms with E-state index in [1.54, 1.807) is 18.2 Å². The van der Waals surface area contributed by atoms with Gasteiger partial charge in [-0.05, 0) is 43.7 Å². The van der Waals surface area contributed by atoms with E-state index in [4.69, 9.17) is 9.47 Å². The highest BCUT2D eigenvalue weighted by atomic mass is 19.1. The third-order valence-electron chi connectivity index (χ3n) is 2.89. The molecule has 1 N–H and O–H groups in total. The molecule has 0 unspecified atom stereocenters. The normalized spacial score (nSPS) is 10.5. The molecular weight excluding hydrogens is 273 g/mol. The predicted octanol–water partition coefficient (Wildman–Crippen LogP) is 3.18. The van der Waals surface area contributed by atoms with Gasteiger partial charge >= 0.3 is 0 Å². The second kappa shape index (κ2) is 7.04. The fourth-order valence-electron chi connectivity index (χ4n) is 2.05. The van der Waals surface area contributed by atoms with E-state index in [2.05, 4.69) is 4.98 Å². The Bertz CT molecular complexity index is 572. The van der Waals surface area contributed by atoms with Crippen molar-refractivity contribution in [2.45, 2.75) is 20.5 Å². The molecule has 0 radical (unpaired) electrons. The zero-order chi connectivity index (χ0) is 15.2. The van der Waals surface area contributed by atoms with Gasteiger partial charge in [-0.1, -0.05) is 0 Å². The number of pyridine rings is 1. The molecule has 1 aromatic heterocycles. The minimum atomic E-state index is -0.401. The number of aliphatic hydroxyl groups is 1. The van der Waals surface area contributed by atoms with Gasteiger partial charge in [-0.25, -0.2) is 4.39 Å². The highest BCUT2D eigenvalue weighted by Gasteiger charge is 2.16. The Kier molecular flexibility index (Phi) is 5.11. The van der Waals surface area contributed by atoms with Gasteiger partial charge in [0.15, 0.2) is 0 Å². The maximum Gasteiger partial charge on any atom is 0.141 e. The molecule has 0 saturated heterocycles. The molecular formula is C16H18FNO3. The summed E-state index contributed by atoms with van der Waals surface area (Å²) in [5, 5.41) is 9.34. The number of ether oxygens (including phenoxy) is 2. The fraction of sp³-hybridized carbons (Fsp3) is 0.312. The Morgan fingerprint density at radius 2 is 1.71 bits per heavy atom. The van der Waals surface area contributed by atoms with Crippen molar-refractivity contribution >= 4 is 0 Å². The minimum absolute atomic E-state index is 0.114. The molecule has 0 aliphatic carbocycles. The minimum Gasteiger partial charge on any atom is -0.493 e. The van der Waals surface area contributed by atoms with Crippen molar-refractivity contribution in [1.29, 1.82) is 0 Å². The molecule has 0 saturated carbocycles. The van der Waals surface area contributed by atoms with Crippen LogP contribution in [0.2, 0.25) is 0 Å². The molecule has 0 fully saturated rings. The summed E-state index contributed by atoms with van der Waals surface area (Å²) in [7, 11) is 0. The lowest BCUT2D eigenvalue weighted by atomic mass is 10.1. The average Bonchev–Trinajstić information content (AvgIpc) is 2.49.